The van der Waals surface area contributed by atoms with E-state index in [1.54, 1.807) is 0 Å². The fourth-order valence-corrected chi connectivity index (χ4v) is 2.12. The molecule has 6 heteroatoms. The molecule has 3 N–H and O–H groups in total. The Morgan fingerprint density at radius 1 is 1.33 bits per heavy atom. The van der Waals surface area contributed by atoms with E-state index in [0.29, 0.717) is 24.7 Å². The molecule has 110 valence electrons. The van der Waals surface area contributed by atoms with Gasteiger partial charge in [-0.15, -0.1) is 5.10 Å². The molecule has 0 radical (unpaired) electrons. The van der Waals surface area contributed by atoms with Gasteiger partial charge in [-0.25, -0.2) is 0 Å². The first-order valence-electron chi connectivity index (χ1n) is 7.16. The van der Waals surface area contributed by atoms with Crippen molar-refractivity contribution in [3.63, 3.8) is 0 Å². The van der Waals surface area contributed by atoms with Gasteiger partial charge in [-0.2, -0.15) is 0 Å². The van der Waals surface area contributed by atoms with Crippen LogP contribution in [0.15, 0.2) is 34.7 Å². The molecule has 1 atom stereocenters. The van der Waals surface area contributed by atoms with Crippen molar-refractivity contribution in [3.8, 4) is 0 Å². The van der Waals surface area contributed by atoms with Gasteiger partial charge < -0.3 is 10.2 Å². The maximum absolute atomic E-state index is 11.8. The zero-order valence-corrected chi connectivity index (χ0v) is 11.7. The van der Waals surface area contributed by atoms with Gasteiger partial charge in [-0.1, -0.05) is 35.4 Å². The number of anilines is 1. The molecule has 2 aromatic rings. The van der Waals surface area contributed by atoms with Crippen LogP contribution in [0.3, 0.4) is 0 Å². The minimum atomic E-state index is -0.160. The molecule has 1 saturated carbocycles. The van der Waals surface area contributed by atoms with Gasteiger partial charge in [-0.05, 0) is 24.8 Å². The van der Waals surface area contributed by atoms with Crippen LogP contribution in [0.2, 0.25) is 0 Å². The summed E-state index contributed by atoms with van der Waals surface area (Å²) >= 11 is 0. The van der Waals surface area contributed by atoms with Gasteiger partial charge in [0.15, 0.2) is 0 Å². The van der Waals surface area contributed by atoms with Crippen molar-refractivity contribution in [3.05, 3.63) is 41.8 Å². The molecule has 0 saturated heterocycles. The second-order valence-corrected chi connectivity index (χ2v) is 5.32. The van der Waals surface area contributed by atoms with Gasteiger partial charge in [0, 0.05) is 18.4 Å². The normalized spacial score (nSPS) is 15.7. The lowest BCUT2D eigenvalue weighted by atomic mass is 10.0. The number of benzene rings is 1. The average Bonchev–Trinajstić information content (AvgIpc) is 3.26. The Bertz CT molecular complexity index is 607. The van der Waals surface area contributed by atoms with Crippen molar-refractivity contribution in [1.82, 2.24) is 10.2 Å². The van der Waals surface area contributed by atoms with Gasteiger partial charge in [0.25, 0.3) is 0 Å². The molecule has 1 aromatic heterocycles. The van der Waals surface area contributed by atoms with E-state index in [0.717, 1.165) is 18.4 Å². The lowest BCUT2D eigenvalue weighted by molar-refractivity contribution is -0.116. The van der Waals surface area contributed by atoms with Gasteiger partial charge >= 0.3 is 6.01 Å². The molecule has 1 heterocycles. The molecule has 1 amide bonds. The predicted octanol–water partition coefficient (Wildman–Crippen LogP) is 2.37. The summed E-state index contributed by atoms with van der Waals surface area (Å²) in [7, 11) is 0. The molecule has 1 unspecified atom stereocenters. The summed E-state index contributed by atoms with van der Waals surface area (Å²) in [6.07, 6.45) is 3.06. The van der Waals surface area contributed by atoms with Crippen molar-refractivity contribution in [2.45, 2.75) is 37.6 Å². The summed E-state index contributed by atoms with van der Waals surface area (Å²) in [6.45, 7) is 0. The molecule has 0 bridgehead atoms. The van der Waals surface area contributed by atoms with Gasteiger partial charge in [0.2, 0.25) is 11.8 Å². The van der Waals surface area contributed by atoms with Crippen LogP contribution in [0.4, 0.5) is 6.01 Å². The van der Waals surface area contributed by atoms with Crippen LogP contribution in [-0.4, -0.2) is 16.1 Å². The highest BCUT2D eigenvalue weighted by atomic mass is 16.4. The molecule has 3 rings (SSSR count). The number of nitrogens with one attached hydrogen (secondary N) is 1. The topological polar surface area (TPSA) is 94.0 Å². The molecule has 0 aliphatic heterocycles. The van der Waals surface area contributed by atoms with E-state index in [2.05, 4.69) is 15.5 Å². The maximum atomic E-state index is 11.8. The number of hydrogen-bond donors (Lipinski definition) is 2. The standard InChI is InChI=1S/C15H18N4O2/c16-12(10-4-2-1-3-5-10)8-9-13(20)17-15-19-18-14(21-15)11-6-7-11/h1-5,11-12H,6-9,16H2,(H,17,19,20). The highest BCUT2D eigenvalue weighted by Gasteiger charge is 2.29. The van der Waals surface area contributed by atoms with Crippen LogP contribution in [0.1, 0.15) is 49.1 Å². The number of amides is 1. The molecular weight excluding hydrogens is 268 g/mol. The summed E-state index contributed by atoms with van der Waals surface area (Å²) < 4.78 is 5.38. The molecule has 1 aliphatic carbocycles. The third-order valence-corrected chi connectivity index (χ3v) is 3.52. The van der Waals surface area contributed by atoms with E-state index in [1.807, 2.05) is 30.3 Å². The van der Waals surface area contributed by atoms with Crippen LogP contribution >= 0.6 is 0 Å². The van der Waals surface area contributed by atoms with Crippen LogP contribution in [0.25, 0.3) is 0 Å². The average molecular weight is 286 g/mol. The molecular formula is C15H18N4O2. The van der Waals surface area contributed by atoms with Crippen molar-refractivity contribution in [2.24, 2.45) is 5.73 Å². The van der Waals surface area contributed by atoms with E-state index in [-0.39, 0.29) is 18.0 Å². The van der Waals surface area contributed by atoms with Crippen molar-refractivity contribution < 1.29 is 9.21 Å². The summed E-state index contributed by atoms with van der Waals surface area (Å²) in [5, 5.41) is 10.4. The zero-order valence-electron chi connectivity index (χ0n) is 11.7. The Balaban J connectivity index is 1.47. The quantitative estimate of drug-likeness (QED) is 0.850. The first kappa shape index (κ1) is 13.8. The van der Waals surface area contributed by atoms with E-state index in [4.69, 9.17) is 10.2 Å². The Morgan fingerprint density at radius 2 is 2.10 bits per heavy atom. The number of carbonyl (C=O) groups excluding carboxylic acids is 1. The third-order valence-electron chi connectivity index (χ3n) is 3.52. The molecule has 1 aliphatic rings. The minimum Gasteiger partial charge on any atom is -0.408 e. The molecule has 6 nitrogen and oxygen atoms in total. The summed E-state index contributed by atoms with van der Waals surface area (Å²) in [4.78, 5) is 11.8. The number of aromatic nitrogens is 2. The smallest absolute Gasteiger partial charge is 0.322 e. The van der Waals surface area contributed by atoms with E-state index >= 15 is 0 Å². The Morgan fingerprint density at radius 3 is 2.81 bits per heavy atom. The summed E-state index contributed by atoms with van der Waals surface area (Å²) in [5.41, 5.74) is 7.08. The van der Waals surface area contributed by atoms with Crippen molar-refractivity contribution >= 4 is 11.9 Å². The number of nitrogens with zero attached hydrogens (tertiary/aromatic N) is 2. The fourth-order valence-electron chi connectivity index (χ4n) is 2.12. The van der Waals surface area contributed by atoms with Crippen LogP contribution in [-0.2, 0) is 4.79 Å². The van der Waals surface area contributed by atoms with E-state index in [9.17, 15) is 4.79 Å². The van der Waals surface area contributed by atoms with Gasteiger partial charge in [0.1, 0.15) is 0 Å². The number of hydrogen-bond acceptors (Lipinski definition) is 5. The van der Waals surface area contributed by atoms with Crippen LogP contribution in [0, 0.1) is 0 Å². The molecule has 1 fully saturated rings. The number of rotatable bonds is 6. The van der Waals surface area contributed by atoms with Crippen molar-refractivity contribution in [2.75, 3.05) is 5.32 Å². The highest BCUT2D eigenvalue weighted by Crippen LogP contribution is 2.39. The zero-order chi connectivity index (χ0) is 14.7. The van der Waals surface area contributed by atoms with Crippen LogP contribution in [0.5, 0.6) is 0 Å². The predicted molar refractivity (Wildman–Crippen MR) is 77.5 cm³/mol. The highest BCUT2D eigenvalue weighted by molar-refractivity contribution is 5.88. The number of carbonyl (C=O) groups is 1. The monoisotopic (exact) mass is 286 g/mol. The minimum absolute atomic E-state index is 0.151. The molecule has 1 aromatic carbocycles. The van der Waals surface area contributed by atoms with Gasteiger partial charge in [-0.3, -0.25) is 10.1 Å². The lowest BCUT2D eigenvalue weighted by Gasteiger charge is -2.10. The Kier molecular flexibility index (Phi) is 3.96. The first-order chi connectivity index (χ1) is 10.2. The molecule has 21 heavy (non-hydrogen) atoms. The Labute approximate surface area is 122 Å². The maximum Gasteiger partial charge on any atom is 0.322 e. The summed E-state index contributed by atoms with van der Waals surface area (Å²) in [6, 6.07) is 9.76. The lowest BCUT2D eigenvalue weighted by Crippen LogP contribution is -2.16. The van der Waals surface area contributed by atoms with Crippen molar-refractivity contribution in [1.29, 1.82) is 0 Å². The van der Waals surface area contributed by atoms with E-state index < -0.39 is 0 Å². The first-order valence-corrected chi connectivity index (χ1v) is 7.16. The second-order valence-electron chi connectivity index (χ2n) is 5.32. The third kappa shape index (κ3) is 3.66. The SMILES string of the molecule is NC(CCC(=O)Nc1nnc(C2CC2)o1)c1ccccc1. The largest absolute Gasteiger partial charge is 0.408 e. The van der Waals surface area contributed by atoms with E-state index in [1.165, 1.54) is 0 Å². The van der Waals surface area contributed by atoms with Crippen LogP contribution < -0.4 is 11.1 Å². The number of nitrogens with two attached hydrogens (primary N) is 1. The second kappa shape index (κ2) is 6.05. The molecule has 0 spiro atoms. The van der Waals surface area contributed by atoms with Gasteiger partial charge in [0.05, 0.1) is 0 Å². The summed E-state index contributed by atoms with van der Waals surface area (Å²) in [5.74, 6) is 0.841. The Hall–Kier alpha value is -2.21. The fraction of sp³-hybridized carbons (Fsp3) is 0.400.